The molecule has 0 bridgehead atoms. The quantitative estimate of drug-likeness (QED) is 0.906. The molecule has 1 heterocycles. The largest absolute Gasteiger partial charge is 0.378 e. The van der Waals surface area contributed by atoms with Crippen molar-refractivity contribution in [3.05, 3.63) is 71.8 Å². The molecule has 3 rings (SSSR count). The van der Waals surface area contributed by atoms with Crippen LogP contribution in [0.4, 0.5) is 0 Å². The maximum atomic E-state index is 12.9. The topological polar surface area (TPSA) is 58.6 Å². The number of morpholine rings is 1. The Hall–Kier alpha value is -2.66. The number of benzene rings is 2. The molecule has 1 unspecified atom stereocenters. The number of ether oxygens (including phenoxy) is 1. The summed E-state index contributed by atoms with van der Waals surface area (Å²) in [6, 6.07) is 18.1. The number of amides is 2. The van der Waals surface area contributed by atoms with E-state index in [4.69, 9.17) is 4.74 Å². The van der Waals surface area contributed by atoms with E-state index < -0.39 is 6.04 Å². The van der Waals surface area contributed by atoms with Gasteiger partial charge in [0, 0.05) is 25.1 Å². The standard InChI is InChI=1S/C20H22N2O3/c23-19(17-9-5-2-6-10-17)21-18(15-16-7-3-1-4-8-16)20(24)22-11-13-25-14-12-22/h1-10,18H,11-15H2,(H,21,23). The molecular formula is C20H22N2O3. The first-order valence-electron chi connectivity index (χ1n) is 8.50. The Morgan fingerprint density at radius 2 is 1.56 bits per heavy atom. The highest BCUT2D eigenvalue weighted by Gasteiger charge is 2.27. The van der Waals surface area contributed by atoms with Crippen molar-refractivity contribution in [1.29, 1.82) is 0 Å². The molecule has 130 valence electrons. The summed E-state index contributed by atoms with van der Waals surface area (Å²) in [4.78, 5) is 27.2. The van der Waals surface area contributed by atoms with E-state index in [2.05, 4.69) is 5.32 Å². The summed E-state index contributed by atoms with van der Waals surface area (Å²) in [6.07, 6.45) is 0.468. The van der Waals surface area contributed by atoms with E-state index in [9.17, 15) is 9.59 Å². The number of carbonyl (C=O) groups excluding carboxylic acids is 2. The number of hydrogen-bond acceptors (Lipinski definition) is 3. The van der Waals surface area contributed by atoms with Crippen molar-refractivity contribution in [2.45, 2.75) is 12.5 Å². The van der Waals surface area contributed by atoms with Crippen molar-refractivity contribution in [3.63, 3.8) is 0 Å². The van der Waals surface area contributed by atoms with Gasteiger partial charge in [-0.25, -0.2) is 0 Å². The van der Waals surface area contributed by atoms with Crippen LogP contribution in [0.5, 0.6) is 0 Å². The summed E-state index contributed by atoms with van der Waals surface area (Å²) in [5.41, 5.74) is 1.57. The van der Waals surface area contributed by atoms with Crippen LogP contribution < -0.4 is 5.32 Å². The van der Waals surface area contributed by atoms with Gasteiger partial charge in [-0.05, 0) is 17.7 Å². The highest BCUT2D eigenvalue weighted by Crippen LogP contribution is 2.09. The highest BCUT2D eigenvalue weighted by molar-refractivity contribution is 5.97. The maximum absolute atomic E-state index is 12.9. The van der Waals surface area contributed by atoms with Crippen LogP contribution in [-0.2, 0) is 16.0 Å². The van der Waals surface area contributed by atoms with Gasteiger partial charge in [-0.2, -0.15) is 0 Å². The molecule has 2 aromatic rings. The minimum absolute atomic E-state index is 0.0589. The fourth-order valence-electron chi connectivity index (χ4n) is 2.89. The molecule has 1 atom stereocenters. The third kappa shape index (κ3) is 4.67. The van der Waals surface area contributed by atoms with E-state index >= 15 is 0 Å². The monoisotopic (exact) mass is 338 g/mol. The summed E-state index contributed by atoms with van der Waals surface area (Å²) in [5, 5.41) is 2.91. The van der Waals surface area contributed by atoms with Gasteiger partial charge in [-0.1, -0.05) is 48.5 Å². The Morgan fingerprint density at radius 1 is 0.960 bits per heavy atom. The van der Waals surface area contributed by atoms with Gasteiger partial charge in [0.25, 0.3) is 5.91 Å². The second-order valence-electron chi connectivity index (χ2n) is 6.02. The molecule has 2 amide bonds. The van der Waals surface area contributed by atoms with Crippen LogP contribution in [0.3, 0.4) is 0 Å². The summed E-state index contributed by atoms with van der Waals surface area (Å²) in [5.74, 6) is -0.292. The first kappa shape index (κ1) is 17.2. The lowest BCUT2D eigenvalue weighted by Gasteiger charge is -2.31. The van der Waals surface area contributed by atoms with Crippen molar-refractivity contribution >= 4 is 11.8 Å². The summed E-state index contributed by atoms with van der Waals surface area (Å²) in [6.45, 7) is 2.20. The average molecular weight is 338 g/mol. The van der Waals surface area contributed by atoms with Crippen LogP contribution in [0.1, 0.15) is 15.9 Å². The SMILES string of the molecule is O=C(NC(Cc1ccccc1)C(=O)N1CCOCC1)c1ccccc1. The number of hydrogen-bond donors (Lipinski definition) is 1. The smallest absolute Gasteiger partial charge is 0.251 e. The van der Waals surface area contributed by atoms with Gasteiger partial charge in [0.05, 0.1) is 13.2 Å². The van der Waals surface area contributed by atoms with Gasteiger partial charge in [-0.3, -0.25) is 9.59 Å². The first-order chi connectivity index (χ1) is 12.2. The number of nitrogens with one attached hydrogen (secondary N) is 1. The molecule has 1 aliphatic heterocycles. The molecule has 1 aliphatic rings. The molecule has 1 N–H and O–H groups in total. The predicted octanol–water partition coefficient (Wildman–Crippen LogP) is 1.89. The van der Waals surface area contributed by atoms with E-state index in [1.807, 2.05) is 48.5 Å². The lowest BCUT2D eigenvalue weighted by molar-refractivity contribution is -0.137. The number of nitrogens with zero attached hydrogens (tertiary/aromatic N) is 1. The second kappa shape index (κ2) is 8.44. The van der Waals surface area contributed by atoms with E-state index in [0.29, 0.717) is 38.3 Å². The molecular weight excluding hydrogens is 316 g/mol. The van der Waals surface area contributed by atoms with E-state index in [1.54, 1.807) is 17.0 Å². The molecule has 1 saturated heterocycles. The van der Waals surface area contributed by atoms with Gasteiger partial charge in [-0.15, -0.1) is 0 Å². The van der Waals surface area contributed by atoms with Crippen molar-refractivity contribution in [2.75, 3.05) is 26.3 Å². The van der Waals surface area contributed by atoms with Crippen molar-refractivity contribution in [2.24, 2.45) is 0 Å². The molecule has 0 saturated carbocycles. The molecule has 0 spiro atoms. The lowest BCUT2D eigenvalue weighted by Crippen LogP contribution is -2.52. The van der Waals surface area contributed by atoms with Gasteiger partial charge in [0.15, 0.2) is 0 Å². The third-order valence-corrected chi connectivity index (χ3v) is 4.24. The maximum Gasteiger partial charge on any atom is 0.251 e. The Bertz CT molecular complexity index is 697. The average Bonchev–Trinajstić information content (AvgIpc) is 2.69. The molecule has 2 aromatic carbocycles. The van der Waals surface area contributed by atoms with E-state index in [1.165, 1.54) is 0 Å². The van der Waals surface area contributed by atoms with E-state index in [-0.39, 0.29) is 11.8 Å². The van der Waals surface area contributed by atoms with E-state index in [0.717, 1.165) is 5.56 Å². The lowest BCUT2D eigenvalue weighted by atomic mass is 10.0. The first-order valence-corrected chi connectivity index (χ1v) is 8.50. The van der Waals surface area contributed by atoms with Gasteiger partial charge in [0.1, 0.15) is 6.04 Å². The fourth-order valence-corrected chi connectivity index (χ4v) is 2.89. The predicted molar refractivity (Wildman–Crippen MR) is 95.2 cm³/mol. The van der Waals surface area contributed by atoms with Gasteiger partial charge >= 0.3 is 0 Å². The zero-order chi connectivity index (χ0) is 17.5. The van der Waals surface area contributed by atoms with Crippen molar-refractivity contribution in [1.82, 2.24) is 10.2 Å². The molecule has 0 aromatic heterocycles. The summed E-state index contributed by atoms with van der Waals surface area (Å²) >= 11 is 0. The number of rotatable bonds is 5. The third-order valence-electron chi connectivity index (χ3n) is 4.24. The molecule has 25 heavy (non-hydrogen) atoms. The fraction of sp³-hybridized carbons (Fsp3) is 0.300. The summed E-state index contributed by atoms with van der Waals surface area (Å²) in [7, 11) is 0. The molecule has 0 radical (unpaired) electrons. The molecule has 5 heteroatoms. The highest BCUT2D eigenvalue weighted by atomic mass is 16.5. The normalized spacial score (nSPS) is 15.4. The number of carbonyl (C=O) groups is 2. The van der Waals surface area contributed by atoms with Crippen molar-refractivity contribution < 1.29 is 14.3 Å². The zero-order valence-corrected chi connectivity index (χ0v) is 14.1. The van der Waals surface area contributed by atoms with Crippen LogP contribution >= 0.6 is 0 Å². The van der Waals surface area contributed by atoms with Crippen LogP contribution in [0, 0.1) is 0 Å². The van der Waals surface area contributed by atoms with Crippen molar-refractivity contribution in [3.8, 4) is 0 Å². The Balaban J connectivity index is 1.75. The van der Waals surface area contributed by atoms with Crippen LogP contribution in [0.15, 0.2) is 60.7 Å². The second-order valence-corrected chi connectivity index (χ2v) is 6.02. The minimum atomic E-state index is -0.590. The van der Waals surface area contributed by atoms with Gasteiger partial charge < -0.3 is 15.0 Å². The Labute approximate surface area is 147 Å². The molecule has 5 nitrogen and oxygen atoms in total. The Kier molecular flexibility index (Phi) is 5.80. The Morgan fingerprint density at radius 3 is 2.20 bits per heavy atom. The minimum Gasteiger partial charge on any atom is -0.378 e. The summed E-state index contributed by atoms with van der Waals surface area (Å²) < 4.78 is 5.32. The zero-order valence-electron chi connectivity index (χ0n) is 14.1. The van der Waals surface area contributed by atoms with Crippen LogP contribution in [-0.4, -0.2) is 49.1 Å². The molecule has 1 fully saturated rings. The van der Waals surface area contributed by atoms with Crippen LogP contribution in [0.2, 0.25) is 0 Å². The van der Waals surface area contributed by atoms with Crippen LogP contribution in [0.25, 0.3) is 0 Å². The van der Waals surface area contributed by atoms with Gasteiger partial charge in [0.2, 0.25) is 5.91 Å². The molecule has 0 aliphatic carbocycles.